The van der Waals surface area contributed by atoms with E-state index in [0.717, 1.165) is 17.1 Å². The fraction of sp³-hybridized carbons (Fsp3) is 0.174. The maximum absolute atomic E-state index is 12.3. The molecule has 0 spiro atoms. The van der Waals surface area contributed by atoms with Crippen molar-refractivity contribution >= 4 is 11.6 Å². The van der Waals surface area contributed by atoms with Gasteiger partial charge in [-0.3, -0.25) is 4.79 Å². The number of anilines is 1. The van der Waals surface area contributed by atoms with Gasteiger partial charge in [0, 0.05) is 11.3 Å². The van der Waals surface area contributed by atoms with Crippen molar-refractivity contribution in [1.82, 2.24) is 0 Å². The van der Waals surface area contributed by atoms with Crippen molar-refractivity contribution in [2.75, 3.05) is 25.6 Å². The van der Waals surface area contributed by atoms with Crippen LogP contribution in [-0.4, -0.2) is 26.2 Å². The molecule has 0 aromatic heterocycles. The molecule has 0 heterocycles. The summed E-state index contributed by atoms with van der Waals surface area (Å²) in [5, 5.41) is 2.85. The van der Waals surface area contributed by atoms with Gasteiger partial charge in [-0.2, -0.15) is 0 Å². The Morgan fingerprint density at radius 2 is 1.46 bits per heavy atom. The molecule has 0 aliphatic rings. The molecule has 1 amide bonds. The lowest BCUT2D eigenvalue weighted by Gasteiger charge is -2.10. The van der Waals surface area contributed by atoms with Gasteiger partial charge in [0.15, 0.2) is 0 Å². The summed E-state index contributed by atoms with van der Waals surface area (Å²) in [5.41, 5.74) is 2.42. The van der Waals surface area contributed by atoms with Gasteiger partial charge in [0.1, 0.15) is 30.5 Å². The fourth-order valence-corrected chi connectivity index (χ4v) is 2.60. The van der Waals surface area contributed by atoms with E-state index in [2.05, 4.69) is 5.32 Å². The minimum absolute atomic E-state index is 0.181. The Bertz CT molecular complexity index is 905. The third kappa shape index (κ3) is 5.51. The molecule has 144 valence electrons. The fourth-order valence-electron chi connectivity index (χ4n) is 2.60. The van der Waals surface area contributed by atoms with Gasteiger partial charge >= 0.3 is 0 Å². The van der Waals surface area contributed by atoms with Crippen LogP contribution in [0.3, 0.4) is 0 Å². The van der Waals surface area contributed by atoms with E-state index in [1.165, 1.54) is 0 Å². The number of rotatable bonds is 8. The minimum atomic E-state index is -0.181. The van der Waals surface area contributed by atoms with Crippen molar-refractivity contribution < 1.29 is 19.0 Å². The average molecular weight is 377 g/mol. The smallest absolute Gasteiger partial charge is 0.255 e. The maximum atomic E-state index is 12.3. The number of ether oxygens (including phenoxy) is 3. The summed E-state index contributed by atoms with van der Waals surface area (Å²) < 4.78 is 16.4. The summed E-state index contributed by atoms with van der Waals surface area (Å²) >= 11 is 0. The zero-order valence-electron chi connectivity index (χ0n) is 16.0. The summed E-state index contributed by atoms with van der Waals surface area (Å²) in [5.74, 6) is 2.08. The number of hydrogen-bond acceptors (Lipinski definition) is 4. The zero-order valence-corrected chi connectivity index (χ0v) is 16.0. The predicted octanol–water partition coefficient (Wildman–Crippen LogP) is 4.71. The molecule has 28 heavy (non-hydrogen) atoms. The van der Waals surface area contributed by atoms with Crippen molar-refractivity contribution in [3.05, 3.63) is 83.9 Å². The molecule has 3 rings (SSSR count). The van der Waals surface area contributed by atoms with Gasteiger partial charge in [-0.05, 0) is 73.2 Å². The topological polar surface area (TPSA) is 56.8 Å². The third-order valence-electron chi connectivity index (χ3n) is 4.07. The van der Waals surface area contributed by atoms with E-state index >= 15 is 0 Å². The number of carbonyl (C=O) groups is 1. The molecule has 0 aliphatic heterocycles. The first-order valence-corrected chi connectivity index (χ1v) is 9.02. The van der Waals surface area contributed by atoms with Gasteiger partial charge in [-0.15, -0.1) is 0 Å². The number of nitrogens with one attached hydrogen (secondary N) is 1. The summed E-state index contributed by atoms with van der Waals surface area (Å²) in [6.45, 7) is 2.89. The van der Waals surface area contributed by atoms with E-state index in [0.29, 0.717) is 30.2 Å². The lowest BCUT2D eigenvalue weighted by atomic mass is 10.2. The average Bonchev–Trinajstić information content (AvgIpc) is 2.72. The van der Waals surface area contributed by atoms with Crippen LogP contribution in [0.15, 0.2) is 72.8 Å². The highest BCUT2D eigenvalue weighted by molar-refractivity contribution is 6.04. The third-order valence-corrected chi connectivity index (χ3v) is 4.07. The SMILES string of the molecule is COc1ccc(NC(=O)c2ccc(OCCOc3cccc(C)c3)cc2)cc1. The Kier molecular flexibility index (Phi) is 6.52. The van der Waals surface area contributed by atoms with E-state index in [9.17, 15) is 4.79 Å². The van der Waals surface area contributed by atoms with Gasteiger partial charge < -0.3 is 19.5 Å². The largest absolute Gasteiger partial charge is 0.497 e. The van der Waals surface area contributed by atoms with Crippen molar-refractivity contribution in [2.24, 2.45) is 0 Å². The van der Waals surface area contributed by atoms with Gasteiger partial charge in [0.05, 0.1) is 7.11 Å². The first-order valence-electron chi connectivity index (χ1n) is 9.02. The Morgan fingerprint density at radius 3 is 2.11 bits per heavy atom. The van der Waals surface area contributed by atoms with E-state index < -0.39 is 0 Å². The number of hydrogen-bond donors (Lipinski definition) is 1. The Balaban J connectivity index is 1.46. The Labute approximate surface area is 164 Å². The van der Waals surface area contributed by atoms with Crippen molar-refractivity contribution in [1.29, 1.82) is 0 Å². The van der Waals surface area contributed by atoms with E-state index in [1.54, 1.807) is 55.6 Å². The highest BCUT2D eigenvalue weighted by Gasteiger charge is 2.06. The quantitative estimate of drug-likeness (QED) is 0.578. The molecule has 0 radical (unpaired) electrons. The highest BCUT2D eigenvalue weighted by atomic mass is 16.5. The molecule has 3 aromatic rings. The lowest BCUT2D eigenvalue weighted by Crippen LogP contribution is -2.12. The highest BCUT2D eigenvalue weighted by Crippen LogP contribution is 2.17. The summed E-state index contributed by atoms with van der Waals surface area (Å²) in [6, 6.07) is 22.1. The molecule has 0 unspecified atom stereocenters. The lowest BCUT2D eigenvalue weighted by molar-refractivity contribution is 0.102. The second-order valence-corrected chi connectivity index (χ2v) is 6.22. The molecule has 0 saturated carbocycles. The zero-order chi connectivity index (χ0) is 19.8. The normalized spacial score (nSPS) is 10.2. The van der Waals surface area contributed by atoms with E-state index in [4.69, 9.17) is 14.2 Å². The van der Waals surface area contributed by atoms with Crippen LogP contribution in [0, 0.1) is 6.92 Å². The van der Waals surface area contributed by atoms with Crippen LogP contribution in [0.5, 0.6) is 17.2 Å². The first kappa shape index (κ1) is 19.3. The number of benzene rings is 3. The number of carbonyl (C=O) groups excluding carboxylic acids is 1. The molecule has 0 bridgehead atoms. The standard InChI is InChI=1S/C23H23NO4/c1-17-4-3-5-22(16-17)28-15-14-27-21-10-6-18(7-11-21)23(25)24-19-8-12-20(26-2)13-9-19/h3-13,16H,14-15H2,1-2H3,(H,24,25). The first-order chi connectivity index (χ1) is 13.6. The van der Waals surface area contributed by atoms with Gasteiger partial charge in [-0.1, -0.05) is 12.1 Å². The van der Waals surface area contributed by atoms with Crippen molar-refractivity contribution in [3.63, 3.8) is 0 Å². The van der Waals surface area contributed by atoms with Crippen LogP contribution >= 0.6 is 0 Å². The molecule has 5 heteroatoms. The van der Waals surface area contributed by atoms with Crippen LogP contribution < -0.4 is 19.5 Å². The molecule has 0 aliphatic carbocycles. The number of amides is 1. The summed E-state index contributed by atoms with van der Waals surface area (Å²) in [6.07, 6.45) is 0. The summed E-state index contributed by atoms with van der Waals surface area (Å²) in [4.78, 5) is 12.3. The van der Waals surface area contributed by atoms with Crippen molar-refractivity contribution in [3.8, 4) is 17.2 Å². The van der Waals surface area contributed by atoms with Crippen LogP contribution in [0.2, 0.25) is 0 Å². The van der Waals surface area contributed by atoms with Crippen LogP contribution in [-0.2, 0) is 0 Å². The number of aryl methyl sites for hydroxylation is 1. The molecule has 0 fully saturated rings. The Hall–Kier alpha value is -3.47. The van der Waals surface area contributed by atoms with Crippen LogP contribution in [0.4, 0.5) is 5.69 Å². The molecule has 0 saturated heterocycles. The minimum Gasteiger partial charge on any atom is -0.497 e. The monoisotopic (exact) mass is 377 g/mol. The van der Waals surface area contributed by atoms with Gasteiger partial charge in [0.25, 0.3) is 5.91 Å². The molecular weight excluding hydrogens is 354 g/mol. The van der Waals surface area contributed by atoms with Gasteiger partial charge in [-0.25, -0.2) is 0 Å². The molecular formula is C23H23NO4. The Morgan fingerprint density at radius 1 is 0.821 bits per heavy atom. The van der Waals surface area contributed by atoms with E-state index in [-0.39, 0.29) is 5.91 Å². The molecule has 5 nitrogen and oxygen atoms in total. The van der Waals surface area contributed by atoms with Crippen LogP contribution in [0.1, 0.15) is 15.9 Å². The van der Waals surface area contributed by atoms with Crippen molar-refractivity contribution in [2.45, 2.75) is 6.92 Å². The second kappa shape index (κ2) is 9.46. The van der Waals surface area contributed by atoms with Gasteiger partial charge in [0.2, 0.25) is 0 Å². The molecule has 3 aromatic carbocycles. The molecule has 0 atom stereocenters. The number of methoxy groups -OCH3 is 1. The second-order valence-electron chi connectivity index (χ2n) is 6.22. The van der Waals surface area contributed by atoms with E-state index in [1.807, 2.05) is 31.2 Å². The maximum Gasteiger partial charge on any atom is 0.255 e. The predicted molar refractivity (Wildman–Crippen MR) is 110 cm³/mol. The summed E-state index contributed by atoms with van der Waals surface area (Å²) in [7, 11) is 1.60. The molecule has 1 N–H and O–H groups in total. The van der Waals surface area contributed by atoms with Crippen LogP contribution in [0.25, 0.3) is 0 Å².